The highest BCUT2D eigenvalue weighted by molar-refractivity contribution is 6.30. The maximum absolute atomic E-state index is 13.7. The molecule has 7 heteroatoms. The average molecular weight is 473 g/mol. The maximum Gasteiger partial charge on any atom is 0.272 e. The van der Waals surface area contributed by atoms with Gasteiger partial charge in [0.15, 0.2) is 0 Å². The highest BCUT2D eigenvalue weighted by Gasteiger charge is 2.26. The Morgan fingerprint density at radius 2 is 1.59 bits per heavy atom. The van der Waals surface area contributed by atoms with E-state index in [9.17, 15) is 4.79 Å². The summed E-state index contributed by atoms with van der Waals surface area (Å²) >= 11 is 6.16. The van der Waals surface area contributed by atoms with Crippen LogP contribution in [-0.4, -0.2) is 53.9 Å². The summed E-state index contributed by atoms with van der Waals surface area (Å²) in [7, 11) is 1.63. The summed E-state index contributed by atoms with van der Waals surface area (Å²) in [4.78, 5) is 17.8. The Balaban J connectivity index is 1.42. The molecule has 0 unspecified atom stereocenters. The third-order valence-corrected chi connectivity index (χ3v) is 6.29. The minimum Gasteiger partial charge on any atom is -0.497 e. The van der Waals surface area contributed by atoms with E-state index in [1.54, 1.807) is 11.8 Å². The zero-order valence-corrected chi connectivity index (χ0v) is 19.7. The molecule has 0 radical (unpaired) electrons. The number of carbonyl (C=O) groups excluding carboxylic acids is 1. The van der Waals surface area contributed by atoms with Crippen molar-refractivity contribution in [1.29, 1.82) is 0 Å². The van der Waals surface area contributed by atoms with Crippen LogP contribution in [0.4, 0.5) is 5.69 Å². The zero-order valence-electron chi connectivity index (χ0n) is 18.9. The molecular weight excluding hydrogens is 448 g/mol. The number of hydrogen-bond donors (Lipinski definition) is 0. The highest BCUT2D eigenvalue weighted by atomic mass is 35.5. The Hall–Kier alpha value is -3.77. The summed E-state index contributed by atoms with van der Waals surface area (Å²) in [5.41, 5.74) is 4.16. The van der Waals surface area contributed by atoms with E-state index in [0.29, 0.717) is 23.8 Å². The van der Waals surface area contributed by atoms with Crippen LogP contribution in [0.5, 0.6) is 5.75 Å². The number of aromatic nitrogens is 2. The van der Waals surface area contributed by atoms with Crippen LogP contribution < -0.4 is 9.64 Å². The summed E-state index contributed by atoms with van der Waals surface area (Å²) in [5, 5.41) is 5.51. The van der Waals surface area contributed by atoms with Crippen molar-refractivity contribution in [3.8, 4) is 22.7 Å². The van der Waals surface area contributed by atoms with Crippen molar-refractivity contribution in [2.24, 2.45) is 0 Å². The second kappa shape index (κ2) is 9.61. The minimum absolute atomic E-state index is 0.0313. The van der Waals surface area contributed by atoms with Gasteiger partial charge in [-0.25, -0.2) is 4.68 Å². The Morgan fingerprint density at radius 3 is 2.26 bits per heavy atom. The van der Waals surface area contributed by atoms with Crippen molar-refractivity contribution >= 4 is 23.2 Å². The third kappa shape index (κ3) is 4.50. The van der Waals surface area contributed by atoms with Crippen molar-refractivity contribution in [3.05, 3.63) is 95.6 Å². The van der Waals surface area contributed by atoms with Crippen molar-refractivity contribution in [2.45, 2.75) is 0 Å². The maximum atomic E-state index is 13.7. The molecular formula is C27H25ClN4O2. The fourth-order valence-corrected chi connectivity index (χ4v) is 4.39. The summed E-state index contributed by atoms with van der Waals surface area (Å²) in [6.45, 7) is 2.74. The Kier molecular flexibility index (Phi) is 6.23. The molecule has 1 aromatic heterocycles. The molecule has 0 spiro atoms. The molecule has 0 atom stereocenters. The van der Waals surface area contributed by atoms with Gasteiger partial charge >= 0.3 is 0 Å². The van der Waals surface area contributed by atoms with Gasteiger partial charge in [0.2, 0.25) is 0 Å². The van der Waals surface area contributed by atoms with Crippen LogP contribution in [0, 0.1) is 0 Å². The van der Waals surface area contributed by atoms with Gasteiger partial charge in [0, 0.05) is 42.5 Å². The van der Waals surface area contributed by atoms with Gasteiger partial charge < -0.3 is 14.5 Å². The van der Waals surface area contributed by atoms with E-state index < -0.39 is 0 Å². The second-order valence-corrected chi connectivity index (χ2v) is 8.59. The number of methoxy groups -OCH3 is 1. The number of benzene rings is 3. The number of piperazine rings is 1. The Morgan fingerprint density at radius 1 is 0.853 bits per heavy atom. The Labute approximate surface area is 203 Å². The molecule has 0 saturated carbocycles. The van der Waals surface area contributed by atoms with E-state index >= 15 is 0 Å². The lowest BCUT2D eigenvalue weighted by Crippen LogP contribution is -2.49. The molecule has 1 aliphatic heterocycles. The van der Waals surface area contributed by atoms with E-state index in [0.717, 1.165) is 41.5 Å². The van der Waals surface area contributed by atoms with Crippen LogP contribution >= 0.6 is 11.6 Å². The van der Waals surface area contributed by atoms with Crippen molar-refractivity contribution in [2.75, 3.05) is 38.2 Å². The number of carbonyl (C=O) groups is 1. The molecule has 1 fully saturated rings. The lowest BCUT2D eigenvalue weighted by molar-refractivity contribution is 0.0737. The van der Waals surface area contributed by atoms with Gasteiger partial charge in [-0.2, -0.15) is 5.10 Å². The molecule has 1 amide bonds. The first-order chi connectivity index (χ1) is 16.6. The van der Waals surface area contributed by atoms with Gasteiger partial charge in [-0.3, -0.25) is 4.79 Å². The normalized spacial score (nSPS) is 13.7. The summed E-state index contributed by atoms with van der Waals surface area (Å²) in [6.07, 6.45) is 0. The van der Waals surface area contributed by atoms with Crippen LogP contribution in [0.2, 0.25) is 5.02 Å². The molecule has 2 heterocycles. The molecule has 0 N–H and O–H groups in total. The number of ether oxygens (including phenoxy) is 1. The van der Waals surface area contributed by atoms with Crippen LogP contribution in [-0.2, 0) is 0 Å². The van der Waals surface area contributed by atoms with Gasteiger partial charge in [0.25, 0.3) is 5.91 Å². The molecule has 1 aliphatic rings. The van der Waals surface area contributed by atoms with E-state index in [1.807, 2.05) is 89.8 Å². The summed E-state index contributed by atoms with van der Waals surface area (Å²) in [6, 6.07) is 27.2. The number of halogens is 1. The van der Waals surface area contributed by atoms with E-state index in [2.05, 4.69) is 4.90 Å². The monoisotopic (exact) mass is 472 g/mol. The van der Waals surface area contributed by atoms with Gasteiger partial charge in [-0.15, -0.1) is 0 Å². The van der Waals surface area contributed by atoms with Gasteiger partial charge in [0.05, 0.1) is 18.5 Å². The molecule has 172 valence electrons. The lowest BCUT2D eigenvalue weighted by Gasteiger charge is -2.36. The number of amides is 1. The molecule has 0 bridgehead atoms. The van der Waals surface area contributed by atoms with E-state index in [4.69, 9.17) is 21.4 Å². The van der Waals surface area contributed by atoms with Crippen molar-refractivity contribution in [3.63, 3.8) is 0 Å². The highest BCUT2D eigenvalue weighted by Crippen LogP contribution is 2.25. The number of nitrogens with zero attached hydrogens (tertiary/aromatic N) is 4. The largest absolute Gasteiger partial charge is 0.497 e. The molecule has 5 rings (SSSR count). The van der Waals surface area contributed by atoms with E-state index in [1.165, 1.54) is 0 Å². The lowest BCUT2D eigenvalue weighted by atomic mass is 10.1. The number of anilines is 1. The quantitative estimate of drug-likeness (QED) is 0.402. The summed E-state index contributed by atoms with van der Waals surface area (Å²) < 4.78 is 7.02. The van der Waals surface area contributed by atoms with Crippen LogP contribution in [0.25, 0.3) is 16.9 Å². The van der Waals surface area contributed by atoms with Crippen molar-refractivity contribution < 1.29 is 9.53 Å². The smallest absolute Gasteiger partial charge is 0.272 e. The van der Waals surface area contributed by atoms with Crippen LogP contribution in [0.3, 0.4) is 0 Å². The Bertz CT molecular complexity index is 1280. The molecule has 4 aromatic rings. The molecule has 1 saturated heterocycles. The fraction of sp³-hybridized carbons (Fsp3) is 0.185. The van der Waals surface area contributed by atoms with Gasteiger partial charge in [0.1, 0.15) is 11.4 Å². The third-order valence-electron chi connectivity index (χ3n) is 6.06. The topological polar surface area (TPSA) is 50.6 Å². The SMILES string of the molecule is COc1ccc(-n2nc(-c3ccccc3)cc2C(=O)N2CCN(c3cccc(Cl)c3)CC2)cc1. The molecule has 6 nitrogen and oxygen atoms in total. The van der Waals surface area contributed by atoms with Gasteiger partial charge in [-0.1, -0.05) is 48.0 Å². The standard InChI is InChI=1S/C27H25ClN4O2/c1-34-24-12-10-22(11-13-24)32-26(19-25(29-32)20-6-3-2-4-7-20)27(33)31-16-14-30(15-17-31)23-9-5-8-21(28)18-23/h2-13,18-19H,14-17H2,1H3. The predicted octanol–water partition coefficient (Wildman–Crippen LogP) is 5.16. The summed E-state index contributed by atoms with van der Waals surface area (Å²) in [5.74, 6) is 0.723. The predicted molar refractivity (Wildman–Crippen MR) is 135 cm³/mol. The van der Waals surface area contributed by atoms with Crippen LogP contribution in [0.15, 0.2) is 84.9 Å². The molecule has 3 aromatic carbocycles. The van der Waals surface area contributed by atoms with Crippen LogP contribution in [0.1, 0.15) is 10.5 Å². The second-order valence-electron chi connectivity index (χ2n) is 8.15. The van der Waals surface area contributed by atoms with Gasteiger partial charge in [-0.05, 0) is 48.5 Å². The van der Waals surface area contributed by atoms with E-state index in [-0.39, 0.29) is 5.91 Å². The first kappa shape index (κ1) is 22.0. The zero-order chi connectivity index (χ0) is 23.5. The number of hydrogen-bond acceptors (Lipinski definition) is 4. The van der Waals surface area contributed by atoms with Crippen molar-refractivity contribution in [1.82, 2.24) is 14.7 Å². The molecule has 34 heavy (non-hydrogen) atoms. The first-order valence-corrected chi connectivity index (χ1v) is 11.6. The molecule has 0 aliphatic carbocycles. The minimum atomic E-state index is -0.0313. The first-order valence-electron chi connectivity index (χ1n) is 11.2. The average Bonchev–Trinajstić information content (AvgIpc) is 3.34. The fourth-order valence-electron chi connectivity index (χ4n) is 4.21. The number of rotatable bonds is 5.